The van der Waals surface area contributed by atoms with Crippen LogP contribution in [-0.2, 0) is 6.54 Å². The summed E-state index contributed by atoms with van der Waals surface area (Å²) in [6.07, 6.45) is 0. The van der Waals surface area contributed by atoms with Crippen molar-refractivity contribution < 1.29 is 14.2 Å². The van der Waals surface area contributed by atoms with Crippen LogP contribution in [0.4, 0.5) is 11.4 Å². The first-order valence-electron chi connectivity index (χ1n) is 5.58. The topological polar surface area (TPSA) is 90.4 Å². The molecule has 2 rings (SSSR count). The van der Waals surface area contributed by atoms with E-state index in [-0.39, 0.29) is 5.69 Å². The molecular weight excluding hydrogens is 250 g/mol. The van der Waals surface area contributed by atoms with Crippen LogP contribution < -0.4 is 10.1 Å². The Kier molecular flexibility index (Phi) is 3.65. The number of hydrogen-bond acceptors (Lipinski definition) is 6. The Bertz CT molecular complexity index is 594. The molecule has 7 nitrogen and oxygen atoms in total. The molecule has 0 bridgehead atoms. The number of aryl methyl sites for hydroxylation is 1. The van der Waals surface area contributed by atoms with E-state index in [1.54, 1.807) is 18.2 Å². The Morgan fingerprint density at radius 1 is 1.47 bits per heavy atom. The van der Waals surface area contributed by atoms with Crippen LogP contribution in [0.3, 0.4) is 0 Å². The monoisotopic (exact) mass is 263 g/mol. The largest absolute Gasteiger partial charge is 0.496 e. The SMILES string of the molecule is COc1ccc(NCc2cc(C)no2)c([N+](=O)[O-])c1. The molecule has 0 unspecified atom stereocenters. The van der Waals surface area contributed by atoms with Gasteiger partial charge in [0.05, 0.1) is 30.3 Å². The maximum atomic E-state index is 11.0. The first kappa shape index (κ1) is 12.9. The van der Waals surface area contributed by atoms with E-state index < -0.39 is 4.92 Å². The number of nitrogens with one attached hydrogen (secondary N) is 1. The Hall–Kier alpha value is -2.57. The van der Waals surface area contributed by atoms with E-state index in [1.165, 1.54) is 13.2 Å². The minimum absolute atomic E-state index is 0.0458. The highest BCUT2D eigenvalue weighted by atomic mass is 16.6. The fourth-order valence-electron chi connectivity index (χ4n) is 1.62. The standard InChI is InChI=1S/C12H13N3O4/c1-8-5-10(19-14-8)7-13-11-4-3-9(18-2)6-12(11)15(16)17/h3-6,13H,7H2,1-2H3. The highest BCUT2D eigenvalue weighted by Gasteiger charge is 2.15. The second kappa shape index (κ2) is 5.38. The van der Waals surface area contributed by atoms with Gasteiger partial charge in [0.15, 0.2) is 5.76 Å². The van der Waals surface area contributed by atoms with Gasteiger partial charge in [-0.25, -0.2) is 0 Å². The molecule has 0 spiro atoms. The zero-order valence-corrected chi connectivity index (χ0v) is 10.5. The van der Waals surface area contributed by atoms with Crippen molar-refractivity contribution in [3.63, 3.8) is 0 Å². The van der Waals surface area contributed by atoms with Gasteiger partial charge in [-0.15, -0.1) is 0 Å². The molecule has 0 amide bonds. The van der Waals surface area contributed by atoms with Gasteiger partial charge in [-0.05, 0) is 19.1 Å². The van der Waals surface area contributed by atoms with Gasteiger partial charge in [-0.2, -0.15) is 0 Å². The van der Waals surface area contributed by atoms with Gasteiger partial charge in [-0.1, -0.05) is 5.16 Å². The molecule has 100 valence electrons. The maximum Gasteiger partial charge on any atom is 0.296 e. The summed E-state index contributed by atoms with van der Waals surface area (Å²) in [5, 5.41) is 17.7. The van der Waals surface area contributed by atoms with E-state index in [1.807, 2.05) is 6.92 Å². The van der Waals surface area contributed by atoms with Crippen LogP contribution in [0.2, 0.25) is 0 Å². The molecule has 0 radical (unpaired) electrons. The minimum Gasteiger partial charge on any atom is -0.496 e. The van der Waals surface area contributed by atoms with Gasteiger partial charge in [0.1, 0.15) is 11.4 Å². The van der Waals surface area contributed by atoms with E-state index >= 15 is 0 Å². The molecule has 0 aliphatic rings. The van der Waals surface area contributed by atoms with Gasteiger partial charge in [0.25, 0.3) is 5.69 Å². The van der Waals surface area contributed by atoms with Crippen LogP contribution in [-0.4, -0.2) is 17.2 Å². The number of nitro benzene ring substituents is 1. The van der Waals surface area contributed by atoms with Crippen molar-refractivity contribution in [2.24, 2.45) is 0 Å². The van der Waals surface area contributed by atoms with Crippen molar-refractivity contribution >= 4 is 11.4 Å². The van der Waals surface area contributed by atoms with Crippen LogP contribution >= 0.6 is 0 Å². The third-order valence-corrected chi connectivity index (χ3v) is 2.53. The third kappa shape index (κ3) is 3.01. The van der Waals surface area contributed by atoms with E-state index in [2.05, 4.69) is 10.5 Å². The predicted molar refractivity (Wildman–Crippen MR) is 68.2 cm³/mol. The van der Waals surface area contributed by atoms with Crippen molar-refractivity contribution in [1.82, 2.24) is 5.16 Å². The second-order valence-electron chi connectivity index (χ2n) is 3.93. The maximum absolute atomic E-state index is 11.0. The number of benzene rings is 1. The number of hydrogen-bond donors (Lipinski definition) is 1. The van der Waals surface area contributed by atoms with Gasteiger partial charge in [0.2, 0.25) is 0 Å². The second-order valence-corrected chi connectivity index (χ2v) is 3.93. The first-order valence-corrected chi connectivity index (χ1v) is 5.58. The van der Waals surface area contributed by atoms with Crippen LogP contribution in [0.25, 0.3) is 0 Å². The van der Waals surface area contributed by atoms with Crippen molar-refractivity contribution in [1.29, 1.82) is 0 Å². The van der Waals surface area contributed by atoms with Gasteiger partial charge in [0, 0.05) is 6.07 Å². The fourth-order valence-corrected chi connectivity index (χ4v) is 1.62. The summed E-state index contributed by atoms with van der Waals surface area (Å²) in [5.74, 6) is 1.05. The first-order chi connectivity index (χ1) is 9.10. The summed E-state index contributed by atoms with van der Waals surface area (Å²) in [6, 6.07) is 6.39. The smallest absolute Gasteiger partial charge is 0.296 e. The Morgan fingerprint density at radius 3 is 2.84 bits per heavy atom. The quantitative estimate of drug-likeness (QED) is 0.658. The molecule has 7 heteroatoms. The van der Waals surface area contributed by atoms with E-state index in [9.17, 15) is 10.1 Å². The zero-order chi connectivity index (χ0) is 13.8. The Morgan fingerprint density at radius 2 is 2.26 bits per heavy atom. The molecule has 0 saturated heterocycles. The molecule has 0 fully saturated rings. The van der Waals surface area contributed by atoms with Gasteiger partial charge < -0.3 is 14.6 Å². The molecule has 1 aromatic heterocycles. The highest BCUT2D eigenvalue weighted by molar-refractivity contribution is 5.63. The minimum atomic E-state index is -0.462. The Labute approximate surface area is 109 Å². The lowest BCUT2D eigenvalue weighted by Gasteiger charge is -2.06. The number of aromatic nitrogens is 1. The average molecular weight is 263 g/mol. The van der Waals surface area contributed by atoms with Crippen LogP contribution in [0.15, 0.2) is 28.8 Å². The molecule has 0 aliphatic heterocycles. The van der Waals surface area contributed by atoms with E-state index in [4.69, 9.17) is 9.26 Å². The summed E-state index contributed by atoms with van der Waals surface area (Å²) >= 11 is 0. The third-order valence-electron chi connectivity index (χ3n) is 2.53. The van der Waals surface area contributed by atoms with E-state index in [0.29, 0.717) is 23.7 Å². The molecule has 19 heavy (non-hydrogen) atoms. The summed E-state index contributed by atoms with van der Waals surface area (Å²) in [6.45, 7) is 2.14. The number of rotatable bonds is 5. The summed E-state index contributed by atoms with van der Waals surface area (Å²) in [5.41, 5.74) is 1.12. The lowest BCUT2D eigenvalue weighted by atomic mass is 10.2. The molecule has 2 aromatic rings. The van der Waals surface area contributed by atoms with Crippen molar-refractivity contribution in [2.45, 2.75) is 13.5 Å². The summed E-state index contributed by atoms with van der Waals surface area (Å²) in [7, 11) is 1.46. The van der Waals surface area contributed by atoms with Crippen molar-refractivity contribution in [3.8, 4) is 5.75 Å². The number of nitrogens with zero attached hydrogens (tertiary/aromatic N) is 2. The zero-order valence-electron chi connectivity index (χ0n) is 10.5. The number of nitro groups is 1. The molecular formula is C12H13N3O4. The predicted octanol–water partition coefficient (Wildman–Crippen LogP) is 2.51. The summed E-state index contributed by atoms with van der Waals surface area (Å²) < 4.78 is 9.99. The fraction of sp³-hybridized carbons (Fsp3) is 0.250. The molecule has 0 atom stereocenters. The van der Waals surface area contributed by atoms with Crippen LogP contribution in [0.5, 0.6) is 5.75 Å². The van der Waals surface area contributed by atoms with Crippen molar-refractivity contribution in [2.75, 3.05) is 12.4 Å². The Balaban J connectivity index is 2.17. The van der Waals surface area contributed by atoms with Gasteiger partial charge >= 0.3 is 0 Å². The molecule has 1 N–H and O–H groups in total. The lowest BCUT2D eigenvalue weighted by Crippen LogP contribution is -2.02. The molecule has 0 aliphatic carbocycles. The average Bonchev–Trinajstić information content (AvgIpc) is 2.82. The lowest BCUT2D eigenvalue weighted by molar-refractivity contribution is -0.384. The molecule has 0 saturated carbocycles. The van der Waals surface area contributed by atoms with E-state index in [0.717, 1.165) is 5.69 Å². The normalized spacial score (nSPS) is 10.2. The van der Waals surface area contributed by atoms with Crippen molar-refractivity contribution in [3.05, 3.63) is 45.8 Å². The van der Waals surface area contributed by atoms with Gasteiger partial charge in [-0.3, -0.25) is 10.1 Å². The van der Waals surface area contributed by atoms with Crippen LogP contribution in [0, 0.1) is 17.0 Å². The molecule has 1 heterocycles. The van der Waals surface area contributed by atoms with Crippen LogP contribution in [0.1, 0.15) is 11.5 Å². The number of anilines is 1. The highest BCUT2D eigenvalue weighted by Crippen LogP contribution is 2.29. The number of methoxy groups -OCH3 is 1. The number of ether oxygens (including phenoxy) is 1. The molecule has 1 aromatic carbocycles. The summed E-state index contributed by atoms with van der Waals surface area (Å²) in [4.78, 5) is 10.5.